The third kappa shape index (κ3) is 2.16. The van der Waals surface area contributed by atoms with Crippen LogP contribution in [-0.2, 0) is 6.42 Å². The van der Waals surface area contributed by atoms with Crippen LogP contribution in [0, 0.1) is 6.92 Å². The van der Waals surface area contributed by atoms with Crippen LogP contribution in [0.25, 0.3) is 11.3 Å². The molecule has 2 heterocycles. The molecule has 0 amide bonds. The summed E-state index contributed by atoms with van der Waals surface area (Å²) in [5.74, 6) is 8.55. The highest BCUT2D eigenvalue weighted by atomic mass is 16.5. The molecule has 0 aliphatic carbocycles. The van der Waals surface area contributed by atoms with Crippen molar-refractivity contribution in [3.63, 3.8) is 0 Å². The van der Waals surface area contributed by atoms with Gasteiger partial charge in [0, 0.05) is 17.5 Å². The number of rotatable bonds is 3. The van der Waals surface area contributed by atoms with Gasteiger partial charge < -0.3 is 21.1 Å². The molecule has 6 nitrogen and oxygen atoms in total. The summed E-state index contributed by atoms with van der Waals surface area (Å²) in [7, 11) is 0. The Kier molecular flexibility index (Phi) is 3.16. The van der Waals surface area contributed by atoms with Gasteiger partial charge in [-0.3, -0.25) is 0 Å². The third-order valence-electron chi connectivity index (χ3n) is 3.68. The summed E-state index contributed by atoms with van der Waals surface area (Å²) in [6.45, 7) is 6.38. The van der Waals surface area contributed by atoms with E-state index >= 15 is 0 Å². The summed E-state index contributed by atoms with van der Waals surface area (Å²) < 4.78 is 12.9. The molecule has 1 aromatic carbocycles. The maximum Gasteiger partial charge on any atom is 0.150 e. The average molecular weight is 288 g/mol. The molecule has 1 aliphatic rings. The Balaban J connectivity index is 2.16. The van der Waals surface area contributed by atoms with E-state index in [4.69, 9.17) is 21.1 Å². The molecule has 0 bridgehead atoms. The van der Waals surface area contributed by atoms with E-state index in [0.29, 0.717) is 23.9 Å². The van der Waals surface area contributed by atoms with Gasteiger partial charge in [-0.25, -0.2) is 9.66 Å². The second-order valence-corrected chi connectivity index (χ2v) is 5.28. The van der Waals surface area contributed by atoms with Gasteiger partial charge in [0.25, 0.3) is 0 Å². The highest BCUT2D eigenvalue weighted by molar-refractivity contribution is 5.78. The van der Waals surface area contributed by atoms with Gasteiger partial charge >= 0.3 is 0 Å². The van der Waals surface area contributed by atoms with Gasteiger partial charge in [0.2, 0.25) is 0 Å². The van der Waals surface area contributed by atoms with Crippen LogP contribution in [0.1, 0.15) is 25.2 Å². The Labute approximate surface area is 123 Å². The molecule has 1 aromatic heterocycles. The number of aromatic nitrogens is 2. The quantitative estimate of drug-likeness (QED) is 0.842. The largest absolute Gasteiger partial charge is 0.493 e. The summed E-state index contributed by atoms with van der Waals surface area (Å²) in [6.07, 6.45) is 1.06. The molecule has 1 aliphatic heterocycles. The lowest BCUT2D eigenvalue weighted by molar-refractivity contribution is 0.254. The molecule has 6 heteroatoms. The van der Waals surface area contributed by atoms with Crippen LogP contribution in [0.15, 0.2) is 12.1 Å². The number of fused-ring (bicyclic) bond motifs is 1. The highest BCUT2D eigenvalue weighted by Crippen LogP contribution is 2.41. The number of nitrogens with zero attached hydrogens (tertiary/aromatic N) is 2. The number of ether oxygens (including phenoxy) is 2. The van der Waals surface area contributed by atoms with Crippen LogP contribution in [0.5, 0.6) is 11.5 Å². The lowest BCUT2D eigenvalue weighted by atomic mass is 10.0. The van der Waals surface area contributed by atoms with Gasteiger partial charge in [-0.1, -0.05) is 0 Å². The first-order valence-electron chi connectivity index (χ1n) is 7.07. The second-order valence-electron chi connectivity index (χ2n) is 5.28. The number of hydrogen-bond donors (Lipinski definition) is 2. The molecule has 4 N–H and O–H groups in total. The molecule has 0 saturated heterocycles. The fraction of sp³-hybridized carbons (Fsp3) is 0.400. The minimum absolute atomic E-state index is 0.177. The van der Waals surface area contributed by atoms with E-state index in [9.17, 15) is 0 Å². The van der Waals surface area contributed by atoms with Crippen molar-refractivity contribution in [2.45, 2.75) is 33.3 Å². The molecule has 0 fully saturated rings. The normalized spacial score (nSPS) is 16.6. The van der Waals surface area contributed by atoms with E-state index in [0.717, 1.165) is 29.0 Å². The molecule has 1 unspecified atom stereocenters. The van der Waals surface area contributed by atoms with Crippen LogP contribution in [0.3, 0.4) is 0 Å². The number of benzene rings is 1. The molecule has 21 heavy (non-hydrogen) atoms. The number of aryl methyl sites for hydroxylation is 1. The Bertz CT molecular complexity index is 693. The molecule has 0 radical (unpaired) electrons. The predicted molar refractivity (Wildman–Crippen MR) is 81.9 cm³/mol. The van der Waals surface area contributed by atoms with Crippen molar-refractivity contribution in [3.05, 3.63) is 23.5 Å². The molecular weight excluding hydrogens is 268 g/mol. The first kappa shape index (κ1) is 13.6. The van der Waals surface area contributed by atoms with Crippen molar-refractivity contribution in [2.24, 2.45) is 0 Å². The number of imidazole rings is 1. The number of nitrogens with two attached hydrogens (primary N) is 2. The Hall–Kier alpha value is -2.37. The summed E-state index contributed by atoms with van der Waals surface area (Å²) in [6, 6.07) is 3.96. The van der Waals surface area contributed by atoms with E-state index in [1.165, 1.54) is 4.68 Å². The Morgan fingerprint density at radius 1 is 1.48 bits per heavy atom. The minimum atomic E-state index is 0.177. The van der Waals surface area contributed by atoms with E-state index in [1.807, 2.05) is 32.9 Å². The van der Waals surface area contributed by atoms with Crippen molar-refractivity contribution in [1.29, 1.82) is 0 Å². The zero-order valence-electron chi connectivity index (χ0n) is 12.5. The molecule has 3 rings (SSSR count). The van der Waals surface area contributed by atoms with Crippen molar-refractivity contribution in [2.75, 3.05) is 18.2 Å². The van der Waals surface area contributed by atoms with Crippen LogP contribution in [0.2, 0.25) is 0 Å². The van der Waals surface area contributed by atoms with E-state index < -0.39 is 0 Å². The summed E-state index contributed by atoms with van der Waals surface area (Å²) in [5.41, 5.74) is 8.65. The summed E-state index contributed by atoms with van der Waals surface area (Å²) in [5, 5.41) is 0. The first-order valence-corrected chi connectivity index (χ1v) is 7.07. The van der Waals surface area contributed by atoms with Crippen molar-refractivity contribution in [3.8, 4) is 22.8 Å². The Morgan fingerprint density at radius 3 is 2.86 bits per heavy atom. The third-order valence-corrected chi connectivity index (χ3v) is 3.68. The van der Waals surface area contributed by atoms with Gasteiger partial charge in [-0.15, -0.1) is 0 Å². The number of hydrogen-bond acceptors (Lipinski definition) is 5. The first-order chi connectivity index (χ1) is 10.0. The van der Waals surface area contributed by atoms with E-state index in [-0.39, 0.29) is 6.10 Å². The van der Waals surface area contributed by atoms with Crippen molar-refractivity contribution >= 4 is 5.82 Å². The predicted octanol–water partition coefficient (Wildman–Crippen LogP) is 1.88. The minimum Gasteiger partial charge on any atom is -0.493 e. The fourth-order valence-electron chi connectivity index (χ4n) is 2.66. The molecular formula is C15H20N4O2. The summed E-state index contributed by atoms with van der Waals surface area (Å²) >= 11 is 0. The molecule has 1 atom stereocenters. The number of nitrogen functional groups attached to an aromatic ring is 2. The van der Waals surface area contributed by atoms with Gasteiger partial charge in [-0.05, 0) is 32.9 Å². The molecule has 0 saturated carbocycles. The van der Waals surface area contributed by atoms with E-state index in [1.54, 1.807) is 0 Å². The lowest BCUT2D eigenvalue weighted by Gasteiger charge is -2.11. The maximum atomic E-state index is 6.05. The molecule has 112 valence electrons. The standard InChI is InChI=1S/C15H20N4O2/c1-4-20-13-6-10-5-8(2)21-12(10)7-11(13)14-15(16)19(17)9(3)18-14/h6-8H,4-5,16-17H2,1-3H3. The smallest absolute Gasteiger partial charge is 0.150 e. The maximum absolute atomic E-state index is 6.05. The monoisotopic (exact) mass is 288 g/mol. The van der Waals surface area contributed by atoms with Gasteiger partial charge in [0.05, 0.1) is 6.61 Å². The van der Waals surface area contributed by atoms with Crippen LogP contribution >= 0.6 is 0 Å². The Morgan fingerprint density at radius 2 is 2.24 bits per heavy atom. The highest BCUT2D eigenvalue weighted by Gasteiger charge is 2.24. The average Bonchev–Trinajstić information content (AvgIpc) is 2.92. The van der Waals surface area contributed by atoms with Gasteiger partial charge in [-0.2, -0.15) is 0 Å². The van der Waals surface area contributed by atoms with Crippen molar-refractivity contribution in [1.82, 2.24) is 9.66 Å². The van der Waals surface area contributed by atoms with Crippen molar-refractivity contribution < 1.29 is 9.47 Å². The zero-order valence-corrected chi connectivity index (χ0v) is 12.5. The lowest BCUT2D eigenvalue weighted by Crippen LogP contribution is -2.13. The molecule has 2 aromatic rings. The fourth-order valence-corrected chi connectivity index (χ4v) is 2.66. The van der Waals surface area contributed by atoms with Crippen LogP contribution in [-0.4, -0.2) is 22.4 Å². The second kappa shape index (κ2) is 4.87. The zero-order chi connectivity index (χ0) is 15.1. The van der Waals surface area contributed by atoms with Crippen LogP contribution in [0.4, 0.5) is 5.82 Å². The van der Waals surface area contributed by atoms with Gasteiger partial charge in [0.1, 0.15) is 29.1 Å². The summed E-state index contributed by atoms with van der Waals surface area (Å²) in [4.78, 5) is 4.44. The number of anilines is 1. The topological polar surface area (TPSA) is 88.3 Å². The van der Waals surface area contributed by atoms with Gasteiger partial charge in [0.15, 0.2) is 5.82 Å². The van der Waals surface area contributed by atoms with Crippen LogP contribution < -0.4 is 21.1 Å². The van der Waals surface area contributed by atoms with E-state index in [2.05, 4.69) is 4.98 Å². The molecule has 0 spiro atoms. The SMILES string of the molecule is CCOc1cc2c(cc1-c1nc(C)n(N)c1N)OC(C)C2.